The molecule has 3 aromatic rings. The molecule has 1 aliphatic heterocycles. The number of carbonyl (C=O) groups is 2. The number of hydrogen-bond donors (Lipinski definition) is 2. The standard InChI is InChI=1S/C25H19BrN4O5/c26-20-9-16(5-7-21(20)33-14-19-4-2-1-3-18(19)11-27)12-29-30-24(31)13-28-25(32)17-6-8-22-23(10-17)35-15-34-22/h1-10,12H,13-15H2,(H,28,32)(H,30,31). The number of carbonyl (C=O) groups excluding carboxylic acids is 2. The van der Waals surface area contributed by atoms with Gasteiger partial charge in [0, 0.05) is 11.1 Å². The summed E-state index contributed by atoms with van der Waals surface area (Å²) in [5, 5.41) is 15.6. The molecule has 0 fully saturated rings. The zero-order valence-corrected chi connectivity index (χ0v) is 19.9. The molecule has 0 saturated heterocycles. The van der Waals surface area contributed by atoms with Crippen LogP contribution in [0, 0.1) is 11.3 Å². The van der Waals surface area contributed by atoms with Gasteiger partial charge < -0.3 is 19.5 Å². The molecule has 176 valence electrons. The van der Waals surface area contributed by atoms with Gasteiger partial charge in [0.1, 0.15) is 12.4 Å². The van der Waals surface area contributed by atoms with Crippen molar-refractivity contribution in [3.8, 4) is 23.3 Å². The fraction of sp³-hybridized carbons (Fsp3) is 0.120. The number of amides is 2. The van der Waals surface area contributed by atoms with Gasteiger partial charge in [-0.25, -0.2) is 5.43 Å². The zero-order chi connectivity index (χ0) is 24.6. The maximum Gasteiger partial charge on any atom is 0.259 e. The van der Waals surface area contributed by atoms with Crippen molar-refractivity contribution >= 4 is 34.0 Å². The van der Waals surface area contributed by atoms with Crippen LogP contribution >= 0.6 is 15.9 Å². The molecular weight excluding hydrogens is 516 g/mol. The highest BCUT2D eigenvalue weighted by molar-refractivity contribution is 9.10. The quantitative estimate of drug-likeness (QED) is 0.337. The predicted molar refractivity (Wildman–Crippen MR) is 130 cm³/mol. The van der Waals surface area contributed by atoms with Crippen LogP contribution in [-0.2, 0) is 11.4 Å². The molecule has 35 heavy (non-hydrogen) atoms. The van der Waals surface area contributed by atoms with E-state index in [0.29, 0.717) is 38.4 Å². The fourth-order valence-corrected chi connectivity index (χ4v) is 3.65. The average molecular weight is 535 g/mol. The average Bonchev–Trinajstić information content (AvgIpc) is 3.35. The van der Waals surface area contributed by atoms with Gasteiger partial charge in [-0.05, 0) is 64.0 Å². The number of rotatable bonds is 8. The zero-order valence-electron chi connectivity index (χ0n) is 18.3. The van der Waals surface area contributed by atoms with Gasteiger partial charge in [0.25, 0.3) is 11.8 Å². The summed E-state index contributed by atoms with van der Waals surface area (Å²) in [6, 6.07) is 19.5. The van der Waals surface area contributed by atoms with Crippen LogP contribution in [0.5, 0.6) is 17.2 Å². The second kappa shape index (κ2) is 11.2. The number of hydrogen-bond acceptors (Lipinski definition) is 7. The van der Waals surface area contributed by atoms with E-state index in [2.05, 4.69) is 37.8 Å². The third-order valence-electron chi connectivity index (χ3n) is 4.92. The first kappa shape index (κ1) is 23.8. The lowest BCUT2D eigenvalue weighted by molar-refractivity contribution is -0.120. The summed E-state index contributed by atoms with van der Waals surface area (Å²) in [6.45, 7) is 0.124. The van der Waals surface area contributed by atoms with Gasteiger partial charge in [0.2, 0.25) is 6.79 Å². The molecule has 1 heterocycles. The maximum absolute atomic E-state index is 12.2. The molecule has 3 aromatic carbocycles. The minimum atomic E-state index is -0.481. The Morgan fingerprint density at radius 3 is 2.77 bits per heavy atom. The van der Waals surface area contributed by atoms with E-state index in [1.54, 1.807) is 48.5 Å². The van der Waals surface area contributed by atoms with Crippen LogP contribution < -0.4 is 25.0 Å². The number of halogens is 1. The normalized spacial score (nSPS) is 11.7. The lowest BCUT2D eigenvalue weighted by atomic mass is 10.1. The molecule has 0 aliphatic carbocycles. The van der Waals surface area contributed by atoms with Crippen molar-refractivity contribution in [2.75, 3.05) is 13.3 Å². The number of fused-ring (bicyclic) bond motifs is 1. The molecule has 0 bridgehead atoms. The molecule has 0 atom stereocenters. The Bertz CT molecular complexity index is 1340. The summed E-state index contributed by atoms with van der Waals surface area (Å²) in [6.07, 6.45) is 1.47. The molecule has 2 N–H and O–H groups in total. The van der Waals surface area contributed by atoms with Crippen LogP contribution in [0.4, 0.5) is 0 Å². The van der Waals surface area contributed by atoms with Gasteiger partial charge in [-0.1, -0.05) is 18.2 Å². The minimum absolute atomic E-state index is 0.115. The van der Waals surface area contributed by atoms with Crippen LogP contribution in [0.2, 0.25) is 0 Å². The summed E-state index contributed by atoms with van der Waals surface area (Å²) in [5.41, 5.74) is 4.79. The summed E-state index contributed by atoms with van der Waals surface area (Å²) < 4.78 is 17.0. The van der Waals surface area contributed by atoms with Gasteiger partial charge in [-0.2, -0.15) is 10.4 Å². The van der Waals surface area contributed by atoms with Crippen molar-refractivity contribution in [2.24, 2.45) is 5.10 Å². The Hall–Kier alpha value is -4.36. The van der Waals surface area contributed by atoms with Gasteiger partial charge in [0.15, 0.2) is 11.5 Å². The highest BCUT2D eigenvalue weighted by Gasteiger charge is 2.16. The van der Waals surface area contributed by atoms with Crippen LogP contribution in [0.1, 0.15) is 27.0 Å². The maximum atomic E-state index is 12.2. The summed E-state index contributed by atoms with van der Waals surface area (Å²) in [5.74, 6) is 0.764. The lowest BCUT2D eigenvalue weighted by Gasteiger charge is -2.10. The smallest absolute Gasteiger partial charge is 0.259 e. The van der Waals surface area contributed by atoms with Crippen molar-refractivity contribution in [1.29, 1.82) is 5.26 Å². The van der Waals surface area contributed by atoms with Crippen LogP contribution in [-0.4, -0.2) is 31.4 Å². The van der Waals surface area contributed by atoms with E-state index in [-0.39, 0.29) is 19.9 Å². The van der Waals surface area contributed by atoms with Crippen molar-refractivity contribution in [3.63, 3.8) is 0 Å². The molecule has 0 aromatic heterocycles. The van der Waals surface area contributed by atoms with E-state index in [1.807, 2.05) is 12.1 Å². The first-order valence-corrected chi connectivity index (χ1v) is 11.2. The first-order valence-electron chi connectivity index (χ1n) is 10.4. The van der Waals surface area contributed by atoms with Gasteiger partial charge in [0.05, 0.1) is 28.9 Å². The van der Waals surface area contributed by atoms with E-state index in [0.717, 1.165) is 5.56 Å². The van der Waals surface area contributed by atoms with E-state index in [9.17, 15) is 14.9 Å². The van der Waals surface area contributed by atoms with E-state index < -0.39 is 11.8 Å². The number of nitriles is 1. The van der Waals surface area contributed by atoms with E-state index in [4.69, 9.17) is 14.2 Å². The molecule has 0 unspecified atom stereocenters. The largest absolute Gasteiger partial charge is 0.488 e. The van der Waals surface area contributed by atoms with Crippen molar-refractivity contribution < 1.29 is 23.8 Å². The van der Waals surface area contributed by atoms with Gasteiger partial charge in [-0.15, -0.1) is 0 Å². The molecule has 10 heteroatoms. The molecule has 0 spiro atoms. The van der Waals surface area contributed by atoms with E-state index >= 15 is 0 Å². The molecule has 2 amide bonds. The topological polar surface area (TPSA) is 122 Å². The Kier molecular flexibility index (Phi) is 7.60. The lowest BCUT2D eigenvalue weighted by Crippen LogP contribution is -2.34. The molecule has 0 radical (unpaired) electrons. The predicted octanol–water partition coefficient (Wildman–Crippen LogP) is 3.51. The molecule has 4 rings (SSSR count). The number of hydrazone groups is 1. The Balaban J connectivity index is 1.25. The Morgan fingerprint density at radius 1 is 1.11 bits per heavy atom. The minimum Gasteiger partial charge on any atom is -0.488 e. The van der Waals surface area contributed by atoms with Crippen LogP contribution in [0.3, 0.4) is 0 Å². The Labute approximate surface area is 209 Å². The SMILES string of the molecule is N#Cc1ccccc1COc1ccc(C=NNC(=O)CNC(=O)c2ccc3c(c2)OCO3)cc1Br. The van der Waals surface area contributed by atoms with Gasteiger partial charge in [-0.3, -0.25) is 9.59 Å². The third-order valence-corrected chi connectivity index (χ3v) is 5.54. The molecule has 9 nitrogen and oxygen atoms in total. The molecule has 1 aliphatic rings. The van der Waals surface area contributed by atoms with Crippen molar-refractivity contribution in [3.05, 3.63) is 87.4 Å². The van der Waals surface area contributed by atoms with Crippen LogP contribution in [0.15, 0.2) is 70.2 Å². The number of nitrogens with one attached hydrogen (secondary N) is 2. The first-order chi connectivity index (χ1) is 17.0. The fourth-order valence-electron chi connectivity index (χ4n) is 3.14. The van der Waals surface area contributed by atoms with Gasteiger partial charge >= 0.3 is 0 Å². The second-order valence-electron chi connectivity index (χ2n) is 7.29. The van der Waals surface area contributed by atoms with Crippen molar-refractivity contribution in [1.82, 2.24) is 10.7 Å². The molecule has 0 saturated carbocycles. The number of benzene rings is 3. The third kappa shape index (κ3) is 6.16. The number of ether oxygens (including phenoxy) is 3. The summed E-state index contributed by atoms with van der Waals surface area (Å²) in [4.78, 5) is 24.2. The molecular formula is C25H19BrN4O5. The highest BCUT2D eigenvalue weighted by Crippen LogP contribution is 2.32. The Morgan fingerprint density at radius 2 is 1.94 bits per heavy atom. The summed E-state index contributed by atoms with van der Waals surface area (Å²) >= 11 is 3.46. The van der Waals surface area contributed by atoms with Crippen molar-refractivity contribution in [2.45, 2.75) is 6.61 Å². The highest BCUT2D eigenvalue weighted by atomic mass is 79.9. The van der Waals surface area contributed by atoms with Crippen LogP contribution in [0.25, 0.3) is 0 Å². The summed E-state index contributed by atoms with van der Waals surface area (Å²) in [7, 11) is 0. The number of nitrogens with zero attached hydrogens (tertiary/aromatic N) is 2. The van der Waals surface area contributed by atoms with E-state index in [1.165, 1.54) is 6.21 Å². The second-order valence-corrected chi connectivity index (χ2v) is 8.15. The monoisotopic (exact) mass is 534 g/mol.